The predicted octanol–water partition coefficient (Wildman–Crippen LogP) is 3.20. The maximum atomic E-state index is 5.31. The van der Waals surface area contributed by atoms with Gasteiger partial charge in [-0.3, -0.25) is 9.88 Å². The quantitative estimate of drug-likeness (QED) is 0.807. The third kappa shape index (κ3) is 4.82. The van der Waals surface area contributed by atoms with E-state index in [1.807, 2.05) is 18.5 Å². The van der Waals surface area contributed by atoms with Gasteiger partial charge in [0.2, 0.25) is 0 Å². The largest absolute Gasteiger partial charge is 0.378 e. The van der Waals surface area contributed by atoms with E-state index < -0.39 is 0 Å². The van der Waals surface area contributed by atoms with E-state index in [0.29, 0.717) is 12.6 Å². The number of ether oxygens (including phenoxy) is 1. The van der Waals surface area contributed by atoms with Crippen molar-refractivity contribution in [3.05, 3.63) is 47.7 Å². The number of piperazine rings is 1. The molecule has 2 aromatic rings. The third-order valence-electron chi connectivity index (χ3n) is 5.08. The SMILES string of the molecule is COCc1cc(N2CCN(C(C)c3cccnc3)CC2)nc(C(C)(C)C)n1. The average Bonchev–Trinajstić information content (AvgIpc) is 2.67. The highest BCUT2D eigenvalue weighted by Gasteiger charge is 2.25. The fraction of sp³-hybridized carbons (Fsp3) is 0.571. The second-order valence-electron chi connectivity index (χ2n) is 8.21. The summed E-state index contributed by atoms with van der Waals surface area (Å²) in [4.78, 5) is 18.7. The molecule has 3 heterocycles. The summed E-state index contributed by atoms with van der Waals surface area (Å²) in [5, 5.41) is 0. The molecule has 0 radical (unpaired) electrons. The van der Waals surface area contributed by atoms with Gasteiger partial charge in [-0.15, -0.1) is 0 Å². The Bertz CT molecular complexity index is 736. The number of aromatic nitrogens is 3. The first kappa shape index (κ1) is 19.7. The van der Waals surface area contributed by atoms with Crippen LogP contribution < -0.4 is 4.90 Å². The average molecular weight is 370 g/mol. The van der Waals surface area contributed by atoms with Crippen LogP contribution in [0.1, 0.15) is 50.8 Å². The maximum Gasteiger partial charge on any atom is 0.136 e. The lowest BCUT2D eigenvalue weighted by Gasteiger charge is -2.39. The molecule has 3 rings (SSSR count). The maximum absolute atomic E-state index is 5.31. The Labute approximate surface area is 162 Å². The van der Waals surface area contributed by atoms with Crippen molar-refractivity contribution in [2.45, 2.75) is 45.8 Å². The van der Waals surface area contributed by atoms with Gasteiger partial charge >= 0.3 is 0 Å². The first-order valence-corrected chi connectivity index (χ1v) is 9.65. The van der Waals surface area contributed by atoms with Crippen molar-refractivity contribution in [1.29, 1.82) is 0 Å². The molecule has 6 heteroatoms. The highest BCUT2D eigenvalue weighted by molar-refractivity contribution is 5.41. The molecule has 27 heavy (non-hydrogen) atoms. The number of nitrogens with zero attached hydrogens (tertiary/aromatic N) is 5. The van der Waals surface area contributed by atoms with Gasteiger partial charge in [0, 0.05) is 63.2 Å². The van der Waals surface area contributed by atoms with Crippen LogP contribution in [0.3, 0.4) is 0 Å². The second-order valence-corrected chi connectivity index (χ2v) is 8.21. The van der Waals surface area contributed by atoms with Crippen LogP contribution >= 0.6 is 0 Å². The summed E-state index contributed by atoms with van der Waals surface area (Å²) >= 11 is 0. The molecule has 146 valence electrons. The molecule has 1 aliphatic heterocycles. The highest BCUT2D eigenvalue weighted by atomic mass is 16.5. The molecule has 0 amide bonds. The summed E-state index contributed by atoms with van der Waals surface area (Å²) in [6.45, 7) is 13.1. The van der Waals surface area contributed by atoms with Crippen molar-refractivity contribution in [2.24, 2.45) is 0 Å². The minimum absolute atomic E-state index is 0.0881. The Hall–Kier alpha value is -2.05. The van der Waals surface area contributed by atoms with Gasteiger partial charge < -0.3 is 9.64 Å². The fourth-order valence-electron chi connectivity index (χ4n) is 3.37. The molecule has 2 aromatic heterocycles. The summed E-state index contributed by atoms with van der Waals surface area (Å²) in [6, 6.07) is 6.61. The van der Waals surface area contributed by atoms with Gasteiger partial charge in [-0.2, -0.15) is 0 Å². The molecule has 1 unspecified atom stereocenters. The molecule has 0 aliphatic carbocycles. The zero-order valence-corrected chi connectivity index (χ0v) is 17.1. The number of rotatable bonds is 5. The van der Waals surface area contributed by atoms with Gasteiger partial charge in [0.1, 0.15) is 11.6 Å². The monoisotopic (exact) mass is 369 g/mol. The van der Waals surface area contributed by atoms with Crippen LogP contribution in [0.5, 0.6) is 0 Å². The first-order chi connectivity index (χ1) is 12.9. The highest BCUT2D eigenvalue weighted by Crippen LogP contribution is 2.25. The Kier molecular flexibility index (Phi) is 6.07. The van der Waals surface area contributed by atoms with Gasteiger partial charge in [0.25, 0.3) is 0 Å². The fourth-order valence-corrected chi connectivity index (χ4v) is 3.37. The predicted molar refractivity (Wildman–Crippen MR) is 108 cm³/mol. The van der Waals surface area contributed by atoms with Crippen LogP contribution in [0.15, 0.2) is 30.6 Å². The third-order valence-corrected chi connectivity index (χ3v) is 5.08. The molecular formula is C21H31N5O. The molecule has 0 spiro atoms. The zero-order valence-electron chi connectivity index (χ0n) is 17.1. The zero-order chi connectivity index (χ0) is 19.4. The van der Waals surface area contributed by atoms with Crippen LogP contribution in [-0.4, -0.2) is 53.1 Å². The molecule has 1 atom stereocenters. The number of hydrogen-bond acceptors (Lipinski definition) is 6. The van der Waals surface area contributed by atoms with Crippen molar-refractivity contribution in [1.82, 2.24) is 19.9 Å². The second kappa shape index (κ2) is 8.31. The molecule has 6 nitrogen and oxygen atoms in total. The Morgan fingerprint density at radius 3 is 2.48 bits per heavy atom. The van der Waals surface area contributed by atoms with Gasteiger partial charge in [-0.25, -0.2) is 9.97 Å². The van der Waals surface area contributed by atoms with Gasteiger partial charge in [0.15, 0.2) is 0 Å². The number of hydrogen-bond donors (Lipinski definition) is 0. The van der Waals surface area contributed by atoms with E-state index in [0.717, 1.165) is 43.5 Å². The Morgan fingerprint density at radius 1 is 1.15 bits per heavy atom. The molecular weight excluding hydrogens is 338 g/mol. The molecule has 0 bridgehead atoms. The minimum atomic E-state index is -0.0881. The van der Waals surface area contributed by atoms with Crippen LogP contribution in [0, 0.1) is 0 Å². The first-order valence-electron chi connectivity index (χ1n) is 9.65. The van der Waals surface area contributed by atoms with E-state index in [9.17, 15) is 0 Å². The van der Waals surface area contributed by atoms with E-state index in [-0.39, 0.29) is 5.41 Å². The van der Waals surface area contributed by atoms with Gasteiger partial charge in [-0.05, 0) is 18.6 Å². The smallest absolute Gasteiger partial charge is 0.136 e. The van der Waals surface area contributed by atoms with Crippen LogP contribution in [-0.2, 0) is 16.8 Å². The van der Waals surface area contributed by atoms with Crippen molar-refractivity contribution in [2.75, 3.05) is 38.2 Å². The van der Waals surface area contributed by atoms with Gasteiger partial charge in [0.05, 0.1) is 12.3 Å². The molecule has 0 saturated carbocycles. The topological polar surface area (TPSA) is 54.4 Å². The molecule has 0 N–H and O–H groups in total. The summed E-state index contributed by atoms with van der Waals surface area (Å²) < 4.78 is 5.31. The van der Waals surface area contributed by atoms with E-state index >= 15 is 0 Å². The van der Waals surface area contributed by atoms with Crippen molar-refractivity contribution >= 4 is 5.82 Å². The van der Waals surface area contributed by atoms with E-state index in [4.69, 9.17) is 14.7 Å². The number of methoxy groups -OCH3 is 1. The molecule has 0 aromatic carbocycles. The summed E-state index contributed by atoms with van der Waals surface area (Å²) in [5.74, 6) is 1.88. The van der Waals surface area contributed by atoms with Crippen molar-refractivity contribution < 1.29 is 4.74 Å². The summed E-state index contributed by atoms with van der Waals surface area (Å²) in [7, 11) is 1.71. The normalized spacial score (nSPS) is 17.1. The van der Waals surface area contributed by atoms with E-state index in [1.54, 1.807) is 7.11 Å². The van der Waals surface area contributed by atoms with Crippen molar-refractivity contribution in [3.8, 4) is 0 Å². The standard InChI is InChI=1S/C21H31N5O/c1-16(17-7-6-8-22-14-17)25-9-11-26(12-10-25)19-13-18(15-27-5)23-20(24-19)21(2,3)4/h6-8,13-14,16H,9-12,15H2,1-5H3. The number of anilines is 1. The molecule has 1 saturated heterocycles. The summed E-state index contributed by atoms with van der Waals surface area (Å²) in [6.07, 6.45) is 3.79. The van der Waals surface area contributed by atoms with Gasteiger partial charge in [-0.1, -0.05) is 26.8 Å². The van der Waals surface area contributed by atoms with Crippen LogP contribution in [0.2, 0.25) is 0 Å². The van der Waals surface area contributed by atoms with E-state index in [1.165, 1.54) is 5.56 Å². The Balaban J connectivity index is 1.73. The van der Waals surface area contributed by atoms with Crippen LogP contribution in [0.4, 0.5) is 5.82 Å². The number of pyridine rings is 1. The Morgan fingerprint density at radius 2 is 1.89 bits per heavy atom. The lowest BCUT2D eigenvalue weighted by molar-refractivity contribution is 0.180. The lowest BCUT2D eigenvalue weighted by Crippen LogP contribution is -2.47. The molecule has 1 aliphatic rings. The van der Waals surface area contributed by atoms with Crippen LogP contribution in [0.25, 0.3) is 0 Å². The summed E-state index contributed by atoms with van der Waals surface area (Å²) in [5.41, 5.74) is 2.12. The minimum Gasteiger partial charge on any atom is -0.378 e. The lowest BCUT2D eigenvalue weighted by atomic mass is 9.95. The van der Waals surface area contributed by atoms with Crippen molar-refractivity contribution in [3.63, 3.8) is 0 Å². The molecule has 1 fully saturated rings. The van der Waals surface area contributed by atoms with E-state index in [2.05, 4.69) is 54.6 Å².